The molecule has 0 amide bonds. The number of carbonyl (C=O) groups is 1. The van der Waals surface area contributed by atoms with Gasteiger partial charge in [0.2, 0.25) is 0 Å². The zero-order valence-electron chi connectivity index (χ0n) is 9.05. The molecule has 4 heteroatoms. The lowest BCUT2D eigenvalue weighted by molar-refractivity contribution is -0.0348. The molecule has 3 N–H and O–H groups in total. The van der Waals surface area contributed by atoms with E-state index in [0.717, 1.165) is 19.3 Å². The fraction of sp³-hybridized carbons (Fsp3) is 0.889. The first-order valence-corrected chi connectivity index (χ1v) is 4.41. The Morgan fingerprint density at radius 3 is 1.77 bits per heavy atom. The molecule has 0 aromatic carbocycles. The third kappa shape index (κ3) is 4.12. The van der Waals surface area contributed by atoms with Gasteiger partial charge in [0.15, 0.2) is 0 Å². The molecular weight excluding hydrogens is 170 g/mol. The molecule has 0 fully saturated rings. The van der Waals surface area contributed by atoms with Crippen molar-refractivity contribution in [3.05, 3.63) is 0 Å². The monoisotopic (exact) mass is 191 g/mol. The molecule has 0 radical (unpaired) electrons. The second-order valence-electron chi connectivity index (χ2n) is 2.80. The summed E-state index contributed by atoms with van der Waals surface area (Å²) in [5.74, 6) is 0. The summed E-state index contributed by atoms with van der Waals surface area (Å²) in [5.41, 5.74) is -0.326. The van der Waals surface area contributed by atoms with Gasteiger partial charge >= 0.3 is 6.16 Å². The average Bonchev–Trinajstić information content (AvgIpc) is 2.14. The number of carbonyl (C=O) groups excluding carboxylic acids is 1. The molecule has 0 atom stereocenters. The molecule has 0 saturated carbocycles. The lowest BCUT2D eigenvalue weighted by atomic mass is 9.94. The fourth-order valence-electron chi connectivity index (χ4n) is 1.18. The van der Waals surface area contributed by atoms with Gasteiger partial charge in [0.1, 0.15) is 5.60 Å². The molecule has 0 rings (SSSR count). The van der Waals surface area contributed by atoms with Crippen molar-refractivity contribution in [3.63, 3.8) is 0 Å². The highest BCUT2D eigenvalue weighted by molar-refractivity contribution is 5.60. The van der Waals surface area contributed by atoms with Gasteiger partial charge in [-0.3, -0.25) is 0 Å². The summed E-state index contributed by atoms with van der Waals surface area (Å²) in [4.78, 5) is 10.9. The third-order valence-corrected chi connectivity index (χ3v) is 2.40. The van der Waals surface area contributed by atoms with Gasteiger partial charge in [0.05, 0.1) is 7.11 Å². The van der Waals surface area contributed by atoms with Crippen LogP contribution in [-0.4, -0.2) is 18.9 Å². The second-order valence-corrected chi connectivity index (χ2v) is 2.80. The van der Waals surface area contributed by atoms with Gasteiger partial charge in [-0.2, -0.15) is 0 Å². The van der Waals surface area contributed by atoms with E-state index in [1.807, 2.05) is 20.8 Å². The number of rotatable bonds is 4. The van der Waals surface area contributed by atoms with E-state index in [-0.39, 0.29) is 11.8 Å². The molecule has 0 unspecified atom stereocenters. The van der Waals surface area contributed by atoms with Gasteiger partial charge in [0, 0.05) is 0 Å². The first-order valence-electron chi connectivity index (χ1n) is 4.41. The van der Waals surface area contributed by atoms with Crippen molar-refractivity contribution in [2.75, 3.05) is 7.11 Å². The molecule has 0 spiro atoms. The Balaban J connectivity index is 0. The molecule has 0 aliphatic rings. The van der Waals surface area contributed by atoms with Crippen LogP contribution in [0, 0.1) is 0 Å². The van der Waals surface area contributed by atoms with Crippen LogP contribution in [0.1, 0.15) is 40.0 Å². The smallest absolute Gasteiger partial charge is 0.438 e. The summed E-state index contributed by atoms with van der Waals surface area (Å²) < 4.78 is 9.62. The highest BCUT2D eigenvalue weighted by Gasteiger charge is 2.28. The van der Waals surface area contributed by atoms with Crippen LogP contribution >= 0.6 is 0 Å². The molecule has 0 aromatic rings. The summed E-state index contributed by atoms with van der Waals surface area (Å²) in [6, 6.07) is 0. The van der Waals surface area contributed by atoms with Crippen molar-refractivity contribution in [3.8, 4) is 0 Å². The summed E-state index contributed by atoms with van der Waals surface area (Å²) in [6.45, 7) is 6.03. The maximum Gasteiger partial charge on any atom is 0.508 e. The van der Waals surface area contributed by atoms with Crippen LogP contribution in [0.25, 0.3) is 0 Å². The van der Waals surface area contributed by atoms with E-state index in [1.54, 1.807) is 0 Å². The van der Waals surface area contributed by atoms with Gasteiger partial charge in [-0.25, -0.2) is 4.79 Å². The van der Waals surface area contributed by atoms with Crippen molar-refractivity contribution >= 4 is 6.16 Å². The Bertz CT molecular complexity index is 136. The van der Waals surface area contributed by atoms with E-state index in [4.69, 9.17) is 4.74 Å². The zero-order chi connectivity index (χ0) is 9.61. The third-order valence-electron chi connectivity index (χ3n) is 2.40. The molecule has 0 saturated heterocycles. The number of hydrogen-bond acceptors (Lipinski definition) is 4. The minimum absolute atomic E-state index is 0. The quantitative estimate of drug-likeness (QED) is 0.693. The van der Waals surface area contributed by atoms with Crippen LogP contribution in [0.5, 0.6) is 0 Å². The van der Waals surface area contributed by atoms with Crippen molar-refractivity contribution < 1.29 is 14.3 Å². The summed E-state index contributed by atoms with van der Waals surface area (Å²) in [5, 5.41) is 0. The Labute approximate surface area is 80.2 Å². The largest absolute Gasteiger partial charge is 0.508 e. The average molecular weight is 191 g/mol. The van der Waals surface area contributed by atoms with Crippen LogP contribution in [0.4, 0.5) is 4.79 Å². The minimum atomic E-state index is -0.583. The van der Waals surface area contributed by atoms with Crippen molar-refractivity contribution in [1.29, 1.82) is 0 Å². The van der Waals surface area contributed by atoms with E-state index in [1.165, 1.54) is 7.11 Å². The summed E-state index contributed by atoms with van der Waals surface area (Å²) >= 11 is 0. The molecule has 0 heterocycles. The maximum absolute atomic E-state index is 10.9. The minimum Gasteiger partial charge on any atom is -0.438 e. The molecular formula is C9H21NO3. The predicted octanol–water partition coefficient (Wildman–Crippen LogP) is 2.90. The van der Waals surface area contributed by atoms with Crippen molar-refractivity contribution in [2.24, 2.45) is 0 Å². The van der Waals surface area contributed by atoms with Crippen LogP contribution in [0.15, 0.2) is 0 Å². The van der Waals surface area contributed by atoms with Crippen LogP contribution in [0.3, 0.4) is 0 Å². The fourth-order valence-corrected chi connectivity index (χ4v) is 1.18. The van der Waals surface area contributed by atoms with E-state index >= 15 is 0 Å². The Kier molecular flexibility index (Phi) is 7.61. The molecule has 4 nitrogen and oxygen atoms in total. The zero-order valence-corrected chi connectivity index (χ0v) is 9.05. The molecule has 0 aliphatic heterocycles. The van der Waals surface area contributed by atoms with Gasteiger partial charge in [-0.1, -0.05) is 20.8 Å². The normalized spacial score (nSPS) is 10.2. The predicted molar refractivity (Wildman–Crippen MR) is 52.1 cm³/mol. The first kappa shape index (κ1) is 14.7. The summed E-state index contributed by atoms with van der Waals surface area (Å²) in [7, 11) is 1.33. The maximum atomic E-state index is 10.9. The lowest BCUT2D eigenvalue weighted by Crippen LogP contribution is -2.33. The van der Waals surface area contributed by atoms with E-state index < -0.39 is 6.16 Å². The lowest BCUT2D eigenvalue weighted by Gasteiger charge is -2.29. The number of ether oxygens (including phenoxy) is 2. The Morgan fingerprint density at radius 1 is 1.15 bits per heavy atom. The molecule has 0 bridgehead atoms. The summed E-state index contributed by atoms with van der Waals surface area (Å²) in [6.07, 6.45) is 1.90. The topological polar surface area (TPSA) is 70.5 Å². The van der Waals surface area contributed by atoms with E-state index in [2.05, 4.69) is 4.74 Å². The van der Waals surface area contributed by atoms with Gasteiger partial charge < -0.3 is 15.6 Å². The SMILES string of the molecule is CCC(CC)(CC)OC(=O)OC.N. The molecule has 13 heavy (non-hydrogen) atoms. The Hall–Kier alpha value is -0.770. The van der Waals surface area contributed by atoms with Crippen LogP contribution in [0.2, 0.25) is 0 Å². The van der Waals surface area contributed by atoms with Crippen molar-refractivity contribution in [1.82, 2.24) is 6.15 Å². The molecule has 0 aliphatic carbocycles. The highest BCUT2D eigenvalue weighted by atomic mass is 16.7. The van der Waals surface area contributed by atoms with Crippen LogP contribution in [-0.2, 0) is 9.47 Å². The second kappa shape index (κ2) is 6.71. The van der Waals surface area contributed by atoms with Gasteiger partial charge in [-0.15, -0.1) is 0 Å². The number of hydrogen-bond donors (Lipinski definition) is 1. The first-order chi connectivity index (χ1) is 5.64. The van der Waals surface area contributed by atoms with Gasteiger partial charge in [0.25, 0.3) is 0 Å². The van der Waals surface area contributed by atoms with E-state index in [0.29, 0.717) is 0 Å². The molecule has 0 aromatic heterocycles. The molecule has 80 valence electrons. The number of methoxy groups -OCH3 is 1. The van der Waals surface area contributed by atoms with E-state index in [9.17, 15) is 4.79 Å². The Morgan fingerprint density at radius 2 is 1.54 bits per heavy atom. The van der Waals surface area contributed by atoms with Crippen molar-refractivity contribution in [2.45, 2.75) is 45.6 Å². The van der Waals surface area contributed by atoms with Crippen LogP contribution < -0.4 is 6.15 Å². The standard InChI is InChI=1S/C9H18O3.H3N/c1-5-9(6-2,7-3)12-8(10)11-4;/h5-7H2,1-4H3;1H3. The highest BCUT2D eigenvalue weighted by Crippen LogP contribution is 2.24. The van der Waals surface area contributed by atoms with Gasteiger partial charge in [-0.05, 0) is 19.3 Å².